The third kappa shape index (κ3) is 2.66. The average Bonchev–Trinajstić information content (AvgIpc) is 2.57. The summed E-state index contributed by atoms with van der Waals surface area (Å²) in [5.41, 5.74) is 6.61. The third-order valence-corrected chi connectivity index (χ3v) is 4.03. The number of carbonyl (C=O) groups is 1. The molecule has 1 atom stereocenters. The lowest BCUT2D eigenvalue weighted by molar-refractivity contribution is 0.178. The predicted molar refractivity (Wildman–Crippen MR) is 80.3 cm³/mol. The Bertz CT molecular complexity index is 512. The van der Waals surface area contributed by atoms with Crippen molar-refractivity contribution in [2.75, 3.05) is 6.54 Å². The lowest BCUT2D eigenvalue weighted by atomic mass is 9.90. The minimum atomic E-state index is -0.513. The fourth-order valence-electron chi connectivity index (χ4n) is 2.38. The largest absolute Gasteiger partial charge is 0.385 e. The molecule has 4 nitrogen and oxygen atoms in total. The molecule has 0 aliphatic carbocycles. The molecule has 1 unspecified atom stereocenters. The van der Waals surface area contributed by atoms with Crippen LogP contribution in [0.25, 0.3) is 0 Å². The summed E-state index contributed by atoms with van der Waals surface area (Å²) in [4.78, 5) is 17.6. The van der Waals surface area contributed by atoms with E-state index in [-0.39, 0.29) is 6.03 Å². The number of amidine groups is 1. The van der Waals surface area contributed by atoms with Gasteiger partial charge in [-0.15, -0.1) is 0 Å². The van der Waals surface area contributed by atoms with E-state index in [1.165, 1.54) is 0 Å². The van der Waals surface area contributed by atoms with E-state index in [1.54, 1.807) is 4.90 Å². The van der Waals surface area contributed by atoms with Gasteiger partial charge in [-0.3, -0.25) is 0 Å². The Morgan fingerprint density at radius 1 is 1.37 bits per heavy atom. The Morgan fingerprint density at radius 2 is 2.00 bits per heavy atom. The van der Waals surface area contributed by atoms with Crippen LogP contribution in [0.15, 0.2) is 33.7 Å². The van der Waals surface area contributed by atoms with E-state index in [9.17, 15) is 4.79 Å². The number of hydrogen-bond acceptors (Lipinski definition) is 2. The zero-order chi connectivity index (χ0) is 14.0. The minimum absolute atomic E-state index is 0.223. The van der Waals surface area contributed by atoms with Crippen molar-refractivity contribution in [2.24, 2.45) is 10.7 Å². The number of hydrogen-bond donors (Lipinski definition) is 1. The van der Waals surface area contributed by atoms with Gasteiger partial charge in [0.1, 0.15) is 11.4 Å². The highest BCUT2D eigenvalue weighted by atomic mass is 79.9. The Kier molecular flexibility index (Phi) is 3.94. The smallest absolute Gasteiger partial charge is 0.346 e. The fraction of sp³-hybridized carbons (Fsp3) is 0.429. The number of amides is 2. The Morgan fingerprint density at radius 3 is 2.58 bits per heavy atom. The second-order valence-electron chi connectivity index (χ2n) is 5.01. The van der Waals surface area contributed by atoms with Crippen LogP contribution in [0, 0.1) is 0 Å². The van der Waals surface area contributed by atoms with Crippen LogP contribution in [-0.2, 0) is 6.42 Å². The Hall–Kier alpha value is -1.36. The van der Waals surface area contributed by atoms with Gasteiger partial charge in [-0.1, -0.05) is 35.0 Å². The van der Waals surface area contributed by atoms with E-state index < -0.39 is 5.54 Å². The van der Waals surface area contributed by atoms with Crippen molar-refractivity contribution >= 4 is 27.8 Å². The average molecular weight is 324 g/mol. The highest BCUT2D eigenvalue weighted by molar-refractivity contribution is 9.10. The molecule has 1 aromatic carbocycles. The second kappa shape index (κ2) is 5.33. The van der Waals surface area contributed by atoms with Crippen LogP contribution in [0.3, 0.4) is 0 Å². The van der Waals surface area contributed by atoms with Gasteiger partial charge < -0.3 is 10.6 Å². The van der Waals surface area contributed by atoms with Gasteiger partial charge in [-0.25, -0.2) is 4.79 Å². The summed E-state index contributed by atoms with van der Waals surface area (Å²) in [6, 6.07) is 7.84. The fourth-order valence-corrected chi connectivity index (χ4v) is 2.65. The number of benzene rings is 1. The molecule has 0 saturated heterocycles. The van der Waals surface area contributed by atoms with Crippen molar-refractivity contribution in [2.45, 2.75) is 32.2 Å². The number of halogens is 1. The van der Waals surface area contributed by atoms with Gasteiger partial charge >= 0.3 is 6.03 Å². The molecule has 0 saturated carbocycles. The quantitative estimate of drug-likeness (QED) is 0.926. The van der Waals surface area contributed by atoms with Crippen molar-refractivity contribution in [3.05, 3.63) is 34.3 Å². The van der Waals surface area contributed by atoms with Gasteiger partial charge in [0.05, 0.1) is 0 Å². The zero-order valence-corrected chi connectivity index (χ0v) is 12.8. The normalized spacial score (nSPS) is 22.8. The maximum Gasteiger partial charge on any atom is 0.346 e. The molecule has 0 radical (unpaired) electrons. The van der Waals surface area contributed by atoms with Crippen molar-refractivity contribution in [1.82, 2.24) is 4.90 Å². The first-order valence-corrected chi connectivity index (χ1v) is 7.17. The van der Waals surface area contributed by atoms with Gasteiger partial charge in [0.15, 0.2) is 0 Å². The molecule has 1 aliphatic heterocycles. The number of urea groups is 1. The molecule has 2 amide bonds. The number of aliphatic imine (C=N–C) groups is 1. The number of nitrogens with zero attached hydrogens (tertiary/aromatic N) is 2. The summed E-state index contributed by atoms with van der Waals surface area (Å²) in [6.07, 6.45) is 1.58. The SMILES string of the molecule is CCCN1C(=O)N=C(N)C1(C)Cc1ccc(Br)cc1. The van der Waals surface area contributed by atoms with E-state index in [1.807, 2.05) is 38.1 Å². The number of rotatable bonds is 4. The molecule has 2 N–H and O–H groups in total. The summed E-state index contributed by atoms with van der Waals surface area (Å²) < 4.78 is 1.04. The molecule has 1 aliphatic rings. The number of nitrogens with two attached hydrogens (primary N) is 1. The van der Waals surface area contributed by atoms with E-state index in [0.29, 0.717) is 18.8 Å². The first-order chi connectivity index (χ1) is 8.97. The summed E-state index contributed by atoms with van der Waals surface area (Å²) in [7, 11) is 0. The summed E-state index contributed by atoms with van der Waals surface area (Å²) >= 11 is 3.42. The van der Waals surface area contributed by atoms with Gasteiger partial charge in [0.2, 0.25) is 0 Å². The number of carbonyl (C=O) groups excluding carboxylic acids is 1. The second-order valence-corrected chi connectivity index (χ2v) is 5.92. The highest BCUT2D eigenvalue weighted by Gasteiger charge is 2.43. The Balaban J connectivity index is 2.26. The lowest BCUT2D eigenvalue weighted by Crippen LogP contribution is -2.53. The first-order valence-electron chi connectivity index (χ1n) is 6.38. The maximum absolute atomic E-state index is 11.9. The molecule has 1 heterocycles. The third-order valence-electron chi connectivity index (χ3n) is 3.50. The molecule has 0 aromatic heterocycles. The van der Waals surface area contributed by atoms with Crippen LogP contribution < -0.4 is 5.73 Å². The molecule has 1 aromatic rings. The van der Waals surface area contributed by atoms with Crippen LogP contribution in [0.4, 0.5) is 4.79 Å². The van der Waals surface area contributed by atoms with Crippen molar-refractivity contribution in [1.29, 1.82) is 0 Å². The zero-order valence-electron chi connectivity index (χ0n) is 11.2. The molecular weight excluding hydrogens is 306 g/mol. The molecule has 19 heavy (non-hydrogen) atoms. The standard InChI is InChI=1S/C14H18BrN3O/c1-3-8-18-13(19)17-12(16)14(18,2)9-10-4-6-11(15)7-5-10/h4-7H,3,8-9H2,1-2H3,(H2,16,17,19). The highest BCUT2D eigenvalue weighted by Crippen LogP contribution is 2.28. The van der Waals surface area contributed by atoms with Crippen LogP contribution in [0.5, 0.6) is 0 Å². The molecule has 0 spiro atoms. The van der Waals surface area contributed by atoms with E-state index in [4.69, 9.17) is 5.73 Å². The molecular formula is C14H18BrN3O. The van der Waals surface area contributed by atoms with Crippen molar-refractivity contribution in [3.63, 3.8) is 0 Å². The maximum atomic E-state index is 11.9. The topological polar surface area (TPSA) is 58.7 Å². The first kappa shape index (κ1) is 14.1. The van der Waals surface area contributed by atoms with Crippen molar-refractivity contribution < 1.29 is 4.79 Å². The lowest BCUT2D eigenvalue weighted by Gasteiger charge is -2.34. The van der Waals surface area contributed by atoms with Crippen molar-refractivity contribution in [3.8, 4) is 0 Å². The van der Waals surface area contributed by atoms with E-state index in [0.717, 1.165) is 16.5 Å². The summed E-state index contributed by atoms with van der Waals surface area (Å²) in [6.45, 7) is 4.70. The van der Waals surface area contributed by atoms with Crippen LogP contribution >= 0.6 is 15.9 Å². The van der Waals surface area contributed by atoms with Gasteiger partial charge in [-0.05, 0) is 31.0 Å². The Labute approximate surface area is 121 Å². The minimum Gasteiger partial charge on any atom is -0.385 e. The van der Waals surface area contributed by atoms with Gasteiger partial charge in [0, 0.05) is 17.4 Å². The summed E-state index contributed by atoms with van der Waals surface area (Å²) in [5, 5.41) is 0. The van der Waals surface area contributed by atoms with Crippen LogP contribution in [-0.4, -0.2) is 28.9 Å². The van der Waals surface area contributed by atoms with Gasteiger partial charge in [0.25, 0.3) is 0 Å². The van der Waals surface area contributed by atoms with E-state index in [2.05, 4.69) is 20.9 Å². The van der Waals surface area contributed by atoms with E-state index >= 15 is 0 Å². The van der Waals surface area contributed by atoms with Crippen LogP contribution in [0.1, 0.15) is 25.8 Å². The molecule has 5 heteroatoms. The summed E-state index contributed by atoms with van der Waals surface area (Å²) in [5.74, 6) is 0.411. The molecule has 0 bridgehead atoms. The monoisotopic (exact) mass is 323 g/mol. The predicted octanol–water partition coefficient (Wildman–Crippen LogP) is 2.95. The molecule has 0 fully saturated rings. The molecule has 102 valence electrons. The van der Waals surface area contributed by atoms with Gasteiger partial charge in [-0.2, -0.15) is 4.99 Å². The van der Waals surface area contributed by atoms with Crippen LogP contribution in [0.2, 0.25) is 0 Å². The molecule has 2 rings (SSSR count).